The molecule has 36 heavy (non-hydrogen) atoms. The summed E-state index contributed by atoms with van der Waals surface area (Å²) in [5.41, 5.74) is 1.85. The van der Waals surface area contributed by atoms with Crippen molar-refractivity contribution in [2.75, 3.05) is 32.9 Å². The standard InChI is InChI=1S/C26H22N2O7S/c1-4-33-26(30)23-18(16-6-8-19(31-2)21(11-16)32-3)13-36-25(23)28-24(29)17(12-27)9-15-5-7-20-22(10-15)35-14-34-20/h5-11,13H,4,14H2,1-3H3,(H,28,29)/b17-9+. The number of rotatable bonds is 8. The number of hydrogen-bond donors (Lipinski definition) is 1. The molecule has 0 saturated carbocycles. The molecule has 1 N–H and O–H groups in total. The van der Waals surface area contributed by atoms with E-state index in [4.69, 9.17) is 23.7 Å². The molecule has 4 rings (SSSR count). The number of esters is 1. The number of fused-ring (bicyclic) bond motifs is 1. The van der Waals surface area contributed by atoms with Crippen LogP contribution in [0.25, 0.3) is 17.2 Å². The fraction of sp³-hybridized carbons (Fsp3) is 0.192. The fourth-order valence-electron chi connectivity index (χ4n) is 3.56. The van der Waals surface area contributed by atoms with Gasteiger partial charge in [-0.05, 0) is 48.4 Å². The van der Waals surface area contributed by atoms with E-state index in [2.05, 4.69) is 5.32 Å². The molecule has 10 heteroatoms. The minimum Gasteiger partial charge on any atom is -0.493 e. The smallest absolute Gasteiger partial charge is 0.341 e. The second-order valence-corrected chi connectivity index (χ2v) is 8.26. The average Bonchev–Trinajstić information content (AvgIpc) is 3.53. The number of carbonyl (C=O) groups excluding carboxylic acids is 2. The molecule has 1 amide bonds. The number of carbonyl (C=O) groups is 2. The molecule has 0 spiro atoms. The first-order chi connectivity index (χ1) is 17.5. The van der Waals surface area contributed by atoms with E-state index < -0.39 is 11.9 Å². The van der Waals surface area contributed by atoms with Crippen molar-refractivity contribution in [2.24, 2.45) is 0 Å². The number of hydrogen-bond acceptors (Lipinski definition) is 9. The van der Waals surface area contributed by atoms with Crippen LogP contribution in [0.2, 0.25) is 0 Å². The zero-order valence-corrected chi connectivity index (χ0v) is 20.6. The van der Waals surface area contributed by atoms with Crippen molar-refractivity contribution in [3.8, 4) is 40.2 Å². The van der Waals surface area contributed by atoms with Crippen LogP contribution >= 0.6 is 11.3 Å². The highest BCUT2D eigenvalue weighted by atomic mass is 32.1. The number of benzene rings is 2. The van der Waals surface area contributed by atoms with Gasteiger partial charge in [0.15, 0.2) is 23.0 Å². The van der Waals surface area contributed by atoms with Gasteiger partial charge in [0.05, 0.1) is 20.8 Å². The summed E-state index contributed by atoms with van der Waals surface area (Å²) in [6.07, 6.45) is 1.43. The number of amides is 1. The number of anilines is 1. The van der Waals surface area contributed by atoms with E-state index in [1.807, 2.05) is 6.07 Å². The van der Waals surface area contributed by atoms with Gasteiger partial charge in [0.25, 0.3) is 5.91 Å². The maximum absolute atomic E-state index is 13.0. The number of nitriles is 1. The lowest BCUT2D eigenvalue weighted by Gasteiger charge is -2.11. The van der Waals surface area contributed by atoms with E-state index in [0.717, 1.165) is 11.3 Å². The summed E-state index contributed by atoms with van der Waals surface area (Å²) in [5, 5.41) is 14.3. The van der Waals surface area contributed by atoms with Crippen LogP contribution in [-0.4, -0.2) is 39.5 Å². The minimum absolute atomic E-state index is 0.117. The van der Waals surface area contributed by atoms with Crippen LogP contribution in [-0.2, 0) is 9.53 Å². The van der Waals surface area contributed by atoms with Crippen molar-refractivity contribution in [3.05, 3.63) is 58.5 Å². The Morgan fingerprint density at radius 3 is 2.61 bits per heavy atom. The van der Waals surface area contributed by atoms with Crippen LogP contribution in [0.5, 0.6) is 23.0 Å². The second kappa shape index (κ2) is 10.8. The Balaban J connectivity index is 1.67. The highest BCUT2D eigenvalue weighted by molar-refractivity contribution is 7.15. The predicted molar refractivity (Wildman–Crippen MR) is 134 cm³/mol. The molecule has 2 heterocycles. The largest absolute Gasteiger partial charge is 0.493 e. The van der Waals surface area contributed by atoms with Gasteiger partial charge in [-0.25, -0.2) is 4.79 Å². The molecule has 9 nitrogen and oxygen atoms in total. The van der Waals surface area contributed by atoms with Crippen molar-refractivity contribution in [1.29, 1.82) is 5.26 Å². The summed E-state index contributed by atoms with van der Waals surface area (Å²) in [6, 6.07) is 12.2. The van der Waals surface area contributed by atoms with Crippen LogP contribution in [0.4, 0.5) is 5.00 Å². The molecular weight excluding hydrogens is 484 g/mol. The Morgan fingerprint density at radius 1 is 1.11 bits per heavy atom. The number of nitrogens with one attached hydrogen (secondary N) is 1. The minimum atomic E-state index is -0.665. The molecular formula is C26H22N2O7S. The van der Waals surface area contributed by atoms with Crippen LogP contribution in [0.15, 0.2) is 47.4 Å². The molecule has 3 aromatic rings. The van der Waals surface area contributed by atoms with Crippen molar-refractivity contribution in [2.45, 2.75) is 6.92 Å². The first-order valence-electron chi connectivity index (χ1n) is 10.8. The lowest BCUT2D eigenvalue weighted by atomic mass is 10.0. The van der Waals surface area contributed by atoms with Gasteiger partial charge in [0.2, 0.25) is 6.79 Å². The van der Waals surface area contributed by atoms with Gasteiger partial charge in [-0.2, -0.15) is 5.26 Å². The van der Waals surface area contributed by atoms with E-state index in [-0.39, 0.29) is 29.5 Å². The summed E-state index contributed by atoms with van der Waals surface area (Å²) in [6.45, 7) is 1.97. The number of thiophene rings is 1. The van der Waals surface area contributed by atoms with Crippen LogP contribution < -0.4 is 24.3 Å². The molecule has 0 saturated heterocycles. The average molecular weight is 507 g/mol. The Hall–Kier alpha value is -4.49. The van der Waals surface area contributed by atoms with E-state index in [1.165, 1.54) is 20.3 Å². The zero-order chi connectivity index (χ0) is 25.7. The van der Waals surface area contributed by atoms with Gasteiger partial charge in [0, 0.05) is 10.9 Å². The van der Waals surface area contributed by atoms with Crippen molar-refractivity contribution in [3.63, 3.8) is 0 Å². The second-order valence-electron chi connectivity index (χ2n) is 7.38. The van der Waals surface area contributed by atoms with Crippen LogP contribution in [0.1, 0.15) is 22.8 Å². The third-order valence-electron chi connectivity index (χ3n) is 5.26. The van der Waals surface area contributed by atoms with E-state index in [9.17, 15) is 14.9 Å². The van der Waals surface area contributed by atoms with Crippen molar-refractivity contribution in [1.82, 2.24) is 0 Å². The Morgan fingerprint density at radius 2 is 1.89 bits per heavy atom. The van der Waals surface area contributed by atoms with Gasteiger partial charge < -0.3 is 29.0 Å². The van der Waals surface area contributed by atoms with Gasteiger partial charge in [-0.15, -0.1) is 11.3 Å². The molecule has 2 aromatic carbocycles. The summed E-state index contributed by atoms with van der Waals surface area (Å²) in [5.74, 6) is 0.882. The monoisotopic (exact) mass is 506 g/mol. The summed E-state index contributed by atoms with van der Waals surface area (Å²) in [7, 11) is 3.05. The Kier molecular flexibility index (Phi) is 7.42. The first-order valence-corrected chi connectivity index (χ1v) is 11.7. The Labute approximate surface area is 211 Å². The van der Waals surface area contributed by atoms with Gasteiger partial charge in [-0.1, -0.05) is 12.1 Å². The number of ether oxygens (including phenoxy) is 5. The lowest BCUT2D eigenvalue weighted by Crippen LogP contribution is -2.16. The van der Waals surface area contributed by atoms with E-state index in [0.29, 0.717) is 39.7 Å². The molecule has 0 atom stereocenters. The molecule has 0 aliphatic carbocycles. The van der Waals surface area contributed by atoms with Gasteiger partial charge in [0.1, 0.15) is 22.2 Å². The molecule has 0 bridgehead atoms. The highest BCUT2D eigenvalue weighted by Gasteiger charge is 2.24. The third kappa shape index (κ3) is 4.96. The molecule has 0 radical (unpaired) electrons. The lowest BCUT2D eigenvalue weighted by molar-refractivity contribution is -0.112. The quantitative estimate of drug-likeness (QED) is 0.261. The van der Waals surface area contributed by atoms with Gasteiger partial charge >= 0.3 is 5.97 Å². The molecule has 1 aromatic heterocycles. The topological polar surface area (TPSA) is 116 Å². The molecule has 0 unspecified atom stereocenters. The van der Waals surface area contributed by atoms with Gasteiger partial charge in [-0.3, -0.25) is 4.79 Å². The predicted octanol–water partition coefficient (Wildman–Crippen LogP) is 4.88. The van der Waals surface area contributed by atoms with Crippen LogP contribution in [0, 0.1) is 11.3 Å². The first kappa shape index (κ1) is 24.6. The molecule has 0 fully saturated rings. The SMILES string of the molecule is CCOC(=O)c1c(-c2ccc(OC)c(OC)c2)csc1NC(=O)/C(C#N)=C/c1ccc2c(c1)OCO2. The normalized spacial score (nSPS) is 12.0. The van der Waals surface area contributed by atoms with E-state index >= 15 is 0 Å². The summed E-state index contributed by atoms with van der Waals surface area (Å²) < 4.78 is 26.6. The summed E-state index contributed by atoms with van der Waals surface area (Å²) in [4.78, 5) is 25.9. The molecule has 184 valence electrons. The fourth-order valence-corrected chi connectivity index (χ4v) is 4.51. The summed E-state index contributed by atoms with van der Waals surface area (Å²) >= 11 is 1.15. The number of nitrogens with zero attached hydrogens (tertiary/aromatic N) is 1. The maximum atomic E-state index is 13.0. The van der Waals surface area contributed by atoms with E-state index in [1.54, 1.807) is 48.7 Å². The molecule has 1 aliphatic heterocycles. The van der Waals surface area contributed by atoms with Crippen molar-refractivity contribution >= 4 is 34.3 Å². The van der Waals surface area contributed by atoms with Crippen molar-refractivity contribution < 1.29 is 33.3 Å². The number of methoxy groups -OCH3 is 2. The third-order valence-corrected chi connectivity index (χ3v) is 6.16. The Bertz CT molecular complexity index is 1390. The molecule has 1 aliphatic rings. The maximum Gasteiger partial charge on any atom is 0.341 e. The highest BCUT2D eigenvalue weighted by Crippen LogP contribution is 2.40. The van der Waals surface area contributed by atoms with Crippen LogP contribution in [0.3, 0.4) is 0 Å². The zero-order valence-electron chi connectivity index (χ0n) is 19.7.